The summed E-state index contributed by atoms with van der Waals surface area (Å²) in [5.74, 6) is -0.298. The number of hydrogen-bond donors (Lipinski definition) is 3. The lowest BCUT2D eigenvalue weighted by atomic mass is 10.0. The molecule has 12 heteroatoms. The fourth-order valence-corrected chi connectivity index (χ4v) is 6.17. The van der Waals surface area contributed by atoms with Gasteiger partial charge in [0.15, 0.2) is 0 Å². The molecular weight excluding hydrogens is 578 g/mol. The Bertz CT molecular complexity index is 2020. The third kappa shape index (κ3) is 5.70. The highest BCUT2D eigenvalue weighted by molar-refractivity contribution is 5.96. The molecule has 0 bridgehead atoms. The van der Waals surface area contributed by atoms with Crippen molar-refractivity contribution >= 4 is 33.6 Å². The molecule has 2 aromatic carbocycles. The minimum absolute atomic E-state index is 0.0656. The third-order valence-corrected chi connectivity index (χ3v) is 8.72. The lowest BCUT2D eigenvalue weighted by Crippen LogP contribution is -2.36. The van der Waals surface area contributed by atoms with Crippen molar-refractivity contribution in [2.24, 2.45) is 0 Å². The highest BCUT2D eigenvalue weighted by Gasteiger charge is 2.25. The molecule has 10 nitrogen and oxygen atoms in total. The molecule has 45 heavy (non-hydrogen) atoms. The number of halogens is 2. The van der Waals surface area contributed by atoms with Crippen LogP contribution in [0.5, 0.6) is 0 Å². The van der Waals surface area contributed by atoms with Crippen molar-refractivity contribution in [3.05, 3.63) is 85.2 Å². The standard InChI is InChI=1S/C17H17FN4O.C16H15FN4O/c1-21-5-4-13(7-17(21)23)22-10-11(8-20-22)15-9-19-16-6-12(18)2-3-14(15)16;17-11-1-2-13-14(8-19-15(13)5-11)10-7-20-21(9-10)12-3-4-18-16(22)6-12/h2-3,6,8-10,13,19H,4-5,7H2,1H3;1-2,5,7-9,12,19H,3-4,6H2,(H,18,22). The van der Waals surface area contributed by atoms with Crippen LogP contribution < -0.4 is 5.32 Å². The number of H-pyrrole nitrogens is 2. The Morgan fingerprint density at radius 2 is 1.33 bits per heavy atom. The molecule has 6 heterocycles. The number of aromatic nitrogens is 6. The normalized spacial score (nSPS) is 18.7. The predicted octanol–water partition coefficient (Wildman–Crippen LogP) is 5.59. The van der Waals surface area contributed by atoms with Crippen LogP contribution in [0.3, 0.4) is 0 Å². The molecule has 2 amide bonds. The minimum atomic E-state index is -0.259. The van der Waals surface area contributed by atoms with Gasteiger partial charge in [-0.1, -0.05) is 0 Å². The van der Waals surface area contributed by atoms with E-state index in [2.05, 4.69) is 25.5 Å². The van der Waals surface area contributed by atoms with Gasteiger partial charge in [-0.05, 0) is 49.2 Å². The molecule has 8 rings (SSSR count). The van der Waals surface area contributed by atoms with Crippen LogP contribution in [0.1, 0.15) is 37.8 Å². The van der Waals surface area contributed by atoms with Gasteiger partial charge in [-0.15, -0.1) is 0 Å². The molecule has 2 atom stereocenters. The average molecular weight is 611 g/mol. The first kappa shape index (κ1) is 28.5. The molecule has 0 saturated carbocycles. The lowest BCUT2D eigenvalue weighted by Gasteiger charge is -2.28. The highest BCUT2D eigenvalue weighted by Crippen LogP contribution is 2.32. The molecule has 3 N–H and O–H groups in total. The van der Waals surface area contributed by atoms with Gasteiger partial charge in [-0.2, -0.15) is 10.2 Å². The van der Waals surface area contributed by atoms with E-state index >= 15 is 0 Å². The number of fused-ring (bicyclic) bond motifs is 2. The van der Waals surface area contributed by atoms with E-state index in [0.717, 1.165) is 63.4 Å². The average Bonchev–Trinajstić information content (AvgIpc) is 3.84. The Balaban J connectivity index is 0.000000145. The number of carbonyl (C=O) groups is 2. The molecule has 2 unspecified atom stereocenters. The lowest BCUT2D eigenvalue weighted by molar-refractivity contribution is -0.133. The SMILES string of the molecule is CN1CCC(n2cc(-c3c[nH]c4cc(F)ccc34)cn2)CC1=O.O=C1CC(n2cc(-c3c[nH]c4cc(F)ccc34)cn2)CCN1. The van der Waals surface area contributed by atoms with Crippen LogP contribution in [0.25, 0.3) is 44.1 Å². The first-order chi connectivity index (χ1) is 21.8. The van der Waals surface area contributed by atoms with E-state index in [4.69, 9.17) is 0 Å². The molecule has 2 saturated heterocycles. The summed E-state index contributed by atoms with van der Waals surface area (Å²) < 4.78 is 30.3. The van der Waals surface area contributed by atoms with Crippen molar-refractivity contribution in [1.82, 2.24) is 39.7 Å². The summed E-state index contributed by atoms with van der Waals surface area (Å²) in [6.07, 6.45) is 14.0. The van der Waals surface area contributed by atoms with Gasteiger partial charge in [-0.25, -0.2) is 8.78 Å². The summed E-state index contributed by atoms with van der Waals surface area (Å²) in [7, 11) is 1.83. The summed E-state index contributed by atoms with van der Waals surface area (Å²) in [5, 5.41) is 13.6. The van der Waals surface area contributed by atoms with Crippen molar-refractivity contribution in [2.75, 3.05) is 20.1 Å². The molecule has 230 valence electrons. The molecule has 0 aliphatic carbocycles. The number of carbonyl (C=O) groups excluding carboxylic acids is 2. The molecule has 4 aromatic heterocycles. The second-order valence-corrected chi connectivity index (χ2v) is 11.7. The number of hydrogen-bond acceptors (Lipinski definition) is 4. The van der Waals surface area contributed by atoms with Crippen molar-refractivity contribution in [3.63, 3.8) is 0 Å². The van der Waals surface area contributed by atoms with Crippen molar-refractivity contribution < 1.29 is 18.4 Å². The van der Waals surface area contributed by atoms with Gasteiger partial charge in [0.1, 0.15) is 11.6 Å². The Kier molecular flexibility index (Phi) is 7.40. The largest absolute Gasteiger partial charge is 0.360 e. The number of nitrogens with zero attached hydrogens (tertiary/aromatic N) is 5. The quantitative estimate of drug-likeness (QED) is 0.242. The van der Waals surface area contributed by atoms with E-state index < -0.39 is 0 Å². The van der Waals surface area contributed by atoms with Crippen LogP contribution in [0, 0.1) is 11.6 Å². The van der Waals surface area contributed by atoms with Crippen LogP contribution in [0.15, 0.2) is 73.6 Å². The zero-order chi connectivity index (χ0) is 31.1. The van der Waals surface area contributed by atoms with Gasteiger partial charge in [0, 0.05) is 102 Å². The van der Waals surface area contributed by atoms with E-state index in [-0.39, 0.29) is 35.5 Å². The number of likely N-dealkylation sites (tertiary alicyclic amines) is 1. The van der Waals surface area contributed by atoms with E-state index in [1.807, 2.05) is 41.2 Å². The van der Waals surface area contributed by atoms with E-state index in [0.29, 0.717) is 19.4 Å². The molecule has 2 fully saturated rings. The van der Waals surface area contributed by atoms with Crippen LogP contribution in [0.4, 0.5) is 8.78 Å². The van der Waals surface area contributed by atoms with Gasteiger partial charge in [0.05, 0.1) is 24.5 Å². The highest BCUT2D eigenvalue weighted by atomic mass is 19.1. The second-order valence-electron chi connectivity index (χ2n) is 11.7. The third-order valence-electron chi connectivity index (χ3n) is 8.72. The van der Waals surface area contributed by atoms with Gasteiger partial charge in [-0.3, -0.25) is 19.0 Å². The number of amides is 2. The first-order valence-corrected chi connectivity index (χ1v) is 15.0. The summed E-state index contributed by atoms with van der Waals surface area (Å²) in [5.41, 5.74) is 5.44. The minimum Gasteiger partial charge on any atom is -0.360 e. The van der Waals surface area contributed by atoms with Crippen molar-refractivity contribution in [1.29, 1.82) is 0 Å². The second kappa shape index (κ2) is 11.7. The smallest absolute Gasteiger partial charge is 0.224 e. The van der Waals surface area contributed by atoms with Crippen molar-refractivity contribution in [3.8, 4) is 22.3 Å². The van der Waals surface area contributed by atoms with Gasteiger partial charge in [0.2, 0.25) is 11.8 Å². The van der Waals surface area contributed by atoms with E-state index in [1.165, 1.54) is 24.3 Å². The molecule has 2 aliphatic rings. The van der Waals surface area contributed by atoms with Crippen LogP contribution in [-0.4, -0.2) is 66.4 Å². The Morgan fingerprint density at radius 1 is 0.778 bits per heavy atom. The summed E-state index contributed by atoms with van der Waals surface area (Å²) in [6, 6.07) is 9.62. The monoisotopic (exact) mass is 610 g/mol. The number of piperidine rings is 2. The van der Waals surface area contributed by atoms with E-state index in [1.54, 1.807) is 29.4 Å². The number of nitrogens with one attached hydrogen (secondary N) is 3. The molecule has 2 aliphatic heterocycles. The fraction of sp³-hybridized carbons (Fsp3) is 0.273. The fourth-order valence-electron chi connectivity index (χ4n) is 6.17. The number of aromatic amines is 2. The summed E-state index contributed by atoms with van der Waals surface area (Å²) in [6.45, 7) is 1.44. The van der Waals surface area contributed by atoms with Crippen LogP contribution in [0.2, 0.25) is 0 Å². The molecule has 0 spiro atoms. The first-order valence-electron chi connectivity index (χ1n) is 15.0. The maximum absolute atomic E-state index is 13.3. The summed E-state index contributed by atoms with van der Waals surface area (Å²) >= 11 is 0. The maximum atomic E-state index is 13.3. The molecular formula is C33H32F2N8O2. The van der Waals surface area contributed by atoms with Gasteiger partial charge < -0.3 is 20.2 Å². The molecule has 6 aromatic rings. The van der Waals surface area contributed by atoms with Crippen molar-refractivity contribution in [2.45, 2.75) is 37.8 Å². The molecule has 0 radical (unpaired) electrons. The zero-order valence-electron chi connectivity index (χ0n) is 24.6. The Labute approximate surface area is 257 Å². The predicted molar refractivity (Wildman–Crippen MR) is 166 cm³/mol. The zero-order valence-corrected chi connectivity index (χ0v) is 24.6. The van der Waals surface area contributed by atoms with Gasteiger partial charge in [0.25, 0.3) is 0 Å². The maximum Gasteiger partial charge on any atom is 0.224 e. The van der Waals surface area contributed by atoms with Crippen LogP contribution >= 0.6 is 0 Å². The van der Waals surface area contributed by atoms with Gasteiger partial charge >= 0.3 is 0 Å². The number of benzene rings is 2. The van der Waals surface area contributed by atoms with E-state index in [9.17, 15) is 18.4 Å². The topological polar surface area (TPSA) is 117 Å². The summed E-state index contributed by atoms with van der Waals surface area (Å²) in [4.78, 5) is 31.3. The Morgan fingerprint density at radius 3 is 1.87 bits per heavy atom. The Hall–Kier alpha value is -5.26. The van der Waals surface area contributed by atoms with Crippen LogP contribution in [-0.2, 0) is 9.59 Å². The number of rotatable bonds is 4.